The van der Waals surface area contributed by atoms with E-state index in [4.69, 9.17) is 0 Å². The zero-order valence-electron chi connectivity index (χ0n) is 7.38. The van der Waals surface area contributed by atoms with Gasteiger partial charge in [0.15, 0.2) is 0 Å². The molecule has 0 fully saturated rings. The molecule has 66 valence electrons. The van der Waals surface area contributed by atoms with E-state index in [0.29, 0.717) is 11.1 Å². The van der Waals surface area contributed by atoms with Gasteiger partial charge in [0.1, 0.15) is 0 Å². The Morgan fingerprint density at radius 2 is 1.77 bits per heavy atom. The number of aryl methyl sites for hydroxylation is 1. The first-order chi connectivity index (χ1) is 6.11. The van der Waals surface area contributed by atoms with E-state index in [0.717, 1.165) is 11.1 Å². The zero-order chi connectivity index (χ0) is 9.59. The first kappa shape index (κ1) is 7.98. The SMILES string of the molecule is Cc1ccc2c(c1C)C(=O)OC2=O. The molecule has 0 saturated heterocycles. The lowest BCUT2D eigenvalue weighted by Gasteiger charge is -2.01. The second-order valence-corrected chi connectivity index (χ2v) is 3.11. The molecule has 1 aliphatic heterocycles. The molecule has 2 rings (SSSR count). The summed E-state index contributed by atoms with van der Waals surface area (Å²) in [4.78, 5) is 22.3. The average molecular weight is 176 g/mol. The summed E-state index contributed by atoms with van der Waals surface area (Å²) in [5, 5.41) is 0. The van der Waals surface area contributed by atoms with Gasteiger partial charge in [-0.1, -0.05) is 6.07 Å². The van der Waals surface area contributed by atoms with E-state index < -0.39 is 11.9 Å². The van der Waals surface area contributed by atoms with Crippen LogP contribution < -0.4 is 0 Å². The Balaban J connectivity index is 2.78. The second kappa shape index (κ2) is 2.42. The third-order valence-corrected chi connectivity index (χ3v) is 2.35. The normalized spacial score (nSPS) is 14.3. The van der Waals surface area contributed by atoms with Crippen LogP contribution in [-0.4, -0.2) is 11.9 Å². The maximum atomic E-state index is 11.2. The van der Waals surface area contributed by atoms with Gasteiger partial charge in [0, 0.05) is 0 Å². The molecule has 0 spiro atoms. The summed E-state index contributed by atoms with van der Waals surface area (Å²) in [5.41, 5.74) is 2.62. The predicted octanol–water partition coefficient (Wildman–Crippen LogP) is 1.61. The van der Waals surface area contributed by atoms with Gasteiger partial charge < -0.3 is 4.74 Å². The molecule has 0 aromatic heterocycles. The molecule has 1 aromatic carbocycles. The van der Waals surface area contributed by atoms with E-state index in [1.807, 2.05) is 19.9 Å². The molecular formula is C10H8O3. The highest BCUT2D eigenvalue weighted by atomic mass is 16.6. The number of fused-ring (bicyclic) bond motifs is 1. The number of hydrogen-bond donors (Lipinski definition) is 0. The van der Waals surface area contributed by atoms with Gasteiger partial charge in [0.2, 0.25) is 0 Å². The minimum Gasteiger partial charge on any atom is -0.386 e. The zero-order valence-corrected chi connectivity index (χ0v) is 7.38. The van der Waals surface area contributed by atoms with Crippen LogP contribution in [0.4, 0.5) is 0 Å². The molecule has 13 heavy (non-hydrogen) atoms. The van der Waals surface area contributed by atoms with Gasteiger partial charge in [-0.25, -0.2) is 9.59 Å². The first-order valence-corrected chi connectivity index (χ1v) is 3.98. The summed E-state index contributed by atoms with van der Waals surface area (Å²) in [7, 11) is 0. The van der Waals surface area contributed by atoms with Crippen LogP contribution in [0.15, 0.2) is 12.1 Å². The molecular weight excluding hydrogens is 168 g/mol. The molecule has 0 unspecified atom stereocenters. The van der Waals surface area contributed by atoms with Gasteiger partial charge >= 0.3 is 11.9 Å². The Kier molecular flexibility index (Phi) is 1.49. The number of rotatable bonds is 0. The summed E-state index contributed by atoms with van der Waals surface area (Å²) in [6, 6.07) is 3.44. The van der Waals surface area contributed by atoms with Crippen LogP contribution in [0.1, 0.15) is 31.8 Å². The first-order valence-electron chi connectivity index (χ1n) is 3.98. The van der Waals surface area contributed by atoms with Gasteiger partial charge in [0.05, 0.1) is 11.1 Å². The van der Waals surface area contributed by atoms with Crippen molar-refractivity contribution < 1.29 is 14.3 Å². The van der Waals surface area contributed by atoms with Crippen LogP contribution >= 0.6 is 0 Å². The molecule has 0 aliphatic carbocycles. The molecule has 1 aliphatic rings. The smallest absolute Gasteiger partial charge is 0.347 e. The molecule has 1 aromatic rings. The van der Waals surface area contributed by atoms with Crippen molar-refractivity contribution in [3.8, 4) is 0 Å². The van der Waals surface area contributed by atoms with Crippen LogP contribution in [0.3, 0.4) is 0 Å². The standard InChI is InChI=1S/C10H8O3/c1-5-3-4-7-8(6(5)2)10(12)13-9(7)11/h3-4H,1-2H3. The van der Waals surface area contributed by atoms with Gasteiger partial charge in [0.25, 0.3) is 0 Å². The highest BCUT2D eigenvalue weighted by Crippen LogP contribution is 2.25. The third-order valence-electron chi connectivity index (χ3n) is 2.35. The van der Waals surface area contributed by atoms with Gasteiger partial charge in [-0.2, -0.15) is 0 Å². The Morgan fingerprint density at radius 3 is 2.46 bits per heavy atom. The predicted molar refractivity (Wildman–Crippen MR) is 45.7 cm³/mol. The van der Waals surface area contributed by atoms with E-state index in [-0.39, 0.29) is 0 Å². The molecule has 0 bridgehead atoms. The van der Waals surface area contributed by atoms with E-state index in [1.165, 1.54) is 0 Å². The van der Waals surface area contributed by atoms with Crippen molar-refractivity contribution in [3.63, 3.8) is 0 Å². The van der Waals surface area contributed by atoms with E-state index in [9.17, 15) is 9.59 Å². The minimum absolute atomic E-state index is 0.383. The highest BCUT2D eigenvalue weighted by molar-refractivity contribution is 6.15. The quantitative estimate of drug-likeness (QED) is 0.445. The molecule has 0 saturated carbocycles. The van der Waals surface area contributed by atoms with Crippen LogP contribution in [0, 0.1) is 13.8 Å². The van der Waals surface area contributed by atoms with Crippen molar-refractivity contribution >= 4 is 11.9 Å². The van der Waals surface area contributed by atoms with Crippen LogP contribution in [0.5, 0.6) is 0 Å². The van der Waals surface area contributed by atoms with E-state index in [2.05, 4.69) is 4.74 Å². The summed E-state index contributed by atoms with van der Waals surface area (Å²) in [6.07, 6.45) is 0. The number of carbonyl (C=O) groups is 2. The Hall–Kier alpha value is -1.64. The maximum Gasteiger partial charge on any atom is 0.347 e. The van der Waals surface area contributed by atoms with Crippen LogP contribution in [-0.2, 0) is 4.74 Å². The molecule has 0 N–H and O–H groups in total. The third kappa shape index (κ3) is 0.967. The van der Waals surface area contributed by atoms with Crippen molar-refractivity contribution in [2.75, 3.05) is 0 Å². The summed E-state index contributed by atoms with van der Waals surface area (Å²) in [6.45, 7) is 3.71. The van der Waals surface area contributed by atoms with Gasteiger partial charge in [-0.15, -0.1) is 0 Å². The average Bonchev–Trinajstić information content (AvgIpc) is 2.35. The number of benzene rings is 1. The van der Waals surface area contributed by atoms with E-state index >= 15 is 0 Å². The fourth-order valence-electron chi connectivity index (χ4n) is 1.44. The highest BCUT2D eigenvalue weighted by Gasteiger charge is 2.31. The largest absolute Gasteiger partial charge is 0.386 e. The van der Waals surface area contributed by atoms with Gasteiger partial charge in [-0.05, 0) is 31.0 Å². The Bertz CT molecular complexity index is 418. The molecule has 3 nitrogen and oxygen atoms in total. The van der Waals surface area contributed by atoms with Crippen molar-refractivity contribution in [3.05, 3.63) is 34.4 Å². The monoisotopic (exact) mass is 176 g/mol. The summed E-state index contributed by atoms with van der Waals surface area (Å²) in [5.74, 6) is -1.07. The fraction of sp³-hybridized carbons (Fsp3) is 0.200. The number of hydrogen-bond acceptors (Lipinski definition) is 3. The number of cyclic esters (lactones) is 2. The van der Waals surface area contributed by atoms with Crippen LogP contribution in [0.25, 0.3) is 0 Å². The number of carbonyl (C=O) groups excluding carboxylic acids is 2. The molecule has 1 heterocycles. The van der Waals surface area contributed by atoms with E-state index in [1.54, 1.807) is 6.07 Å². The Morgan fingerprint density at radius 1 is 1.08 bits per heavy atom. The lowest BCUT2D eigenvalue weighted by Crippen LogP contribution is -1.98. The minimum atomic E-state index is -0.539. The number of ether oxygens (including phenoxy) is 1. The summed E-state index contributed by atoms with van der Waals surface area (Å²) >= 11 is 0. The van der Waals surface area contributed by atoms with Crippen molar-refractivity contribution in [2.45, 2.75) is 13.8 Å². The second-order valence-electron chi connectivity index (χ2n) is 3.11. The summed E-state index contributed by atoms with van der Waals surface area (Å²) < 4.78 is 4.49. The molecule has 3 heteroatoms. The van der Waals surface area contributed by atoms with Gasteiger partial charge in [-0.3, -0.25) is 0 Å². The molecule has 0 radical (unpaired) electrons. The van der Waals surface area contributed by atoms with Crippen molar-refractivity contribution in [1.29, 1.82) is 0 Å². The topological polar surface area (TPSA) is 43.4 Å². The molecule has 0 atom stereocenters. The van der Waals surface area contributed by atoms with Crippen molar-refractivity contribution in [1.82, 2.24) is 0 Å². The maximum absolute atomic E-state index is 11.2. The molecule has 0 amide bonds. The Labute approximate surface area is 75.3 Å². The fourth-order valence-corrected chi connectivity index (χ4v) is 1.44. The van der Waals surface area contributed by atoms with Crippen molar-refractivity contribution in [2.24, 2.45) is 0 Å². The lowest BCUT2D eigenvalue weighted by molar-refractivity contribution is 0.0443. The lowest BCUT2D eigenvalue weighted by atomic mass is 9.99. The van der Waals surface area contributed by atoms with Crippen LogP contribution in [0.2, 0.25) is 0 Å². The number of esters is 2.